The summed E-state index contributed by atoms with van der Waals surface area (Å²) >= 11 is 0. The van der Waals surface area contributed by atoms with Gasteiger partial charge in [0.25, 0.3) is 0 Å². The molecule has 1 rings (SSSR count). The van der Waals surface area contributed by atoms with Crippen LogP contribution >= 0.6 is 0 Å². The minimum absolute atomic E-state index is 0.000573. The van der Waals surface area contributed by atoms with Crippen LogP contribution in [0.25, 0.3) is 0 Å². The van der Waals surface area contributed by atoms with Crippen molar-refractivity contribution in [1.29, 1.82) is 0 Å². The van der Waals surface area contributed by atoms with Gasteiger partial charge < -0.3 is 15.4 Å². The second-order valence-corrected chi connectivity index (χ2v) is 5.95. The Kier molecular flexibility index (Phi) is 4.80. The van der Waals surface area contributed by atoms with Gasteiger partial charge in [0.05, 0.1) is 0 Å². The predicted molar refractivity (Wildman–Crippen MR) is 68.8 cm³/mol. The maximum atomic E-state index is 12.1. The lowest BCUT2D eigenvalue weighted by Gasteiger charge is -2.34. The number of carbonyl (C=O) groups is 1. The van der Waals surface area contributed by atoms with E-state index in [0.29, 0.717) is 0 Å². The molecule has 2 unspecified atom stereocenters. The highest BCUT2D eigenvalue weighted by Crippen LogP contribution is 2.21. The molecular formula is C13H26N2O2. The van der Waals surface area contributed by atoms with Gasteiger partial charge in [0.15, 0.2) is 0 Å². The van der Waals surface area contributed by atoms with E-state index in [-0.39, 0.29) is 18.2 Å². The highest BCUT2D eigenvalue weighted by atomic mass is 16.6. The molecule has 4 heteroatoms. The van der Waals surface area contributed by atoms with Crippen molar-refractivity contribution in [2.24, 2.45) is 5.73 Å². The molecular weight excluding hydrogens is 216 g/mol. The zero-order valence-corrected chi connectivity index (χ0v) is 11.5. The summed E-state index contributed by atoms with van der Waals surface area (Å²) in [6.45, 7) is 8.41. The Morgan fingerprint density at radius 3 is 2.53 bits per heavy atom. The molecule has 2 atom stereocenters. The summed E-state index contributed by atoms with van der Waals surface area (Å²) in [5.74, 6) is 0. The van der Waals surface area contributed by atoms with Crippen LogP contribution in [0.2, 0.25) is 0 Å². The summed E-state index contributed by atoms with van der Waals surface area (Å²) in [6, 6.07) is 0.118. The molecule has 0 saturated carbocycles. The largest absolute Gasteiger partial charge is 0.444 e. The van der Waals surface area contributed by atoms with Gasteiger partial charge in [0.2, 0.25) is 0 Å². The average molecular weight is 242 g/mol. The van der Waals surface area contributed by atoms with Crippen LogP contribution in [0.1, 0.15) is 53.4 Å². The molecule has 1 amide bonds. The number of carbonyl (C=O) groups excluding carboxylic acids is 1. The van der Waals surface area contributed by atoms with Crippen molar-refractivity contribution in [2.45, 2.75) is 71.1 Å². The highest BCUT2D eigenvalue weighted by molar-refractivity contribution is 5.68. The van der Waals surface area contributed by atoms with E-state index >= 15 is 0 Å². The maximum absolute atomic E-state index is 12.1. The lowest BCUT2D eigenvalue weighted by Crippen LogP contribution is -2.50. The molecule has 1 aliphatic heterocycles. The van der Waals surface area contributed by atoms with Crippen molar-refractivity contribution in [2.75, 3.05) is 6.54 Å². The van der Waals surface area contributed by atoms with Gasteiger partial charge >= 0.3 is 6.09 Å². The van der Waals surface area contributed by atoms with Gasteiger partial charge in [0, 0.05) is 18.6 Å². The Morgan fingerprint density at radius 2 is 2.00 bits per heavy atom. The van der Waals surface area contributed by atoms with E-state index in [0.717, 1.165) is 25.8 Å². The fourth-order valence-electron chi connectivity index (χ4n) is 2.23. The fourth-order valence-corrected chi connectivity index (χ4v) is 2.23. The Labute approximate surface area is 104 Å². The minimum atomic E-state index is -0.439. The molecule has 0 aromatic carbocycles. The minimum Gasteiger partial charge on any atom is -0.444 e. The van der Waals surface area contributed by atoms with Crippen LogP contribution in [0.15, 0.2) is 0 Å². The second-order valence-electron chi connectivity index (χ2n) is 5.95. The number of hydrogen-bond acceptors (Lipinski definition) is 3. The molecule has 2 N–H and O–H groups in total. The lowest BCUT2D eigenvalue weighted by atomic mass is 10.0. The van der Waals surface area contributed by atoms with E-state index in [4.69, 9.17) is 10.5 Å². The van der Waals surface area contributed by atoms with E-state index < -0.39 is 5.60 Å². The van der Waals surface area contributed by atoms with E-state index in [2.05, 4.69) is 0 Å². The molecule has 17 heavy (non-hydrogen) atoms. The van der Waals surface area contributed by atoms with Crippen molar-refractivity contribution in [3.05, 3.63) is 0 Å². The average Bonchev–Trinajstić information content (AvgIpc) is 2.39. The van der Waals surface area contributed by atoms with E-state index in [1.807, 2.05) is 32.6 Å². The number of hydrogen-bond donors (Lipinski definition) is 1. The number of likely N-dealkylation sites (tertiary alicyclic amines) is 1. The van der Waals surface area contributed by atoms with Crippen molar-refractivity contribution >= 4 is 6.09 Å². The highest BCUT2D eigenvalue weighted by Gasteiger charge is 2.31. The third-order valence-electron chi connectivity index (χ3n) is 3.03. The van der Waals surface area contributed by atoms with E-state index in [9.17, 15) is 4.79 Å². The smallest absolute Gasteiger partial charge is 0.410 e. The first-order valence-corrected chi connectivity index (χ1v) is 6.56. The van der Waals surface area contributed by atoms with Crippen LogP contribution in [-0.2, 0) is 4.74 Å². The molecule has 1 aliphatic rings. The first-order chi connectivity index (χ1) is 7.81. The number of amides is 1. The molecule has 1 fully saturated rings. The Bertz CT molecular complexity index is 259. The first-order valence-electron chi connectivity index (χ1n) is 6.56. The first kappa shape index (κ1) is 14.3. The summed E-state index contributed by atoms with van der Waals surface area (Å²) in [5.41, 5.74) is 5.54. The third kappa shape index (κ3) is 4.54. The number of nitrogens with two attached hydrogens (primary N) is 1. The van der Waals surface area contributed by atoms with Gasteiger partial charge in [-0.05, 0) is 40.5 Å². The van der Waals surface area contributed by atoms with Crippen molar-refractivity contribution < 1.29 is 9.53 Å². The van der Waals surface area contributed by atoms with Crippen LogP contribution in [0, 0.1) is 0 Å². The molecule has 100 valence electrons. The molecule has 0 spiro atoms. The SMILES string of the molecule is CC(N)C1CCCCCN1C(=O)OC(C)(C)C. The Hall–Kier alpha value is -0.770. The van der Waals surface area contributed by atoms with Crippen molar-refractivity contribution in [3.63, 3.8) is 0 Å². The van der Waals surface area contributed by atoms with Gasteiger partial charge in [-0.3, -0.25) is 0 Å². The Balaban J connectivity index is 2.72. The quantitative estimate of drug-likeness (QED) is 0.768. The summed E-state index contributed by atoms with van der Waals surface area (Å²) in [6.07, 6.45) is 4.12. The van der Waals surface area contributed by atoms with Gasteiger partial charge in [-0.1, -0.05) is 12.8 Å². The van der Waals surface area contributed by atoms with Crippen LogP contribution < -0.4 is 5.73 Å². The zero-order valence-electron chi connectivity index (χ0n) is 11.5. The molecule has 1 heterocycles. The topological polar surface area (TPSA) is 55.6 Å². The number of rotatable bonds is 1. The predicted octanol–water partition coefficient (Wildman–Crippen LogP) is 2.51. The summed E-state index contributed by atoms with van der Waals surface area (Å²) < 4.78 is 5.44. The van der Waals surface area contributed by atoms with Gasteiger partial charge in [-0.2, -0.15) is 0 Å². The fraction of sp³-hybridized carbons (Fsp3) is 0.923. The van der Waals surface area contributed by atoms with Crippen LogP contribution in [0.5, 0.6) is 0 Å². The summed E-state index contributed by atoms with van der Waals surface area (Å²) in [7, 11) is 0. The summed E-state index contributed by atoms with van der Waals surface area (Å²) in [5, 5.41) is 0. The normalized spacial score (nSPS) is 24.1. The van der Waals surface area contributed by atoms with Gasteiger partial charge in [-0.15, -0.1) is 0 Å². The van der Waals surface area contributed by atoms with Crippen LogP contribution in [-0.4, -0.2) is 35.2 Å². The monoisotopic (exact) mass is 242 g/mol. The maximum Gasteiger partial charge on any atom is 0.410 e. The van der Waals surface area contributed by atoms with Gasteiger partial charge in [0.1, 0.15) is 5.60 Å². The van der Waals surface area contributed by atoms with Crippen LogP contribution in [0.3, 0.4) is 0 Å². The van der Waals surface area contributed by atoms with Crippen LogP contribution in [0.4, 0.5) is 4.79 Å². The van der Waals surface area contributed by atoms with Gasteiger partial charge in [-0.25, -0.2) is 4.79 Å². The molecule has 0 aromatic rings. The number of nitrogens with zero attached hydrogens (tertiary/aromatic N) is 1. The molecule has 0 bridgehead atoms. The molecule has 4 nitrogen and oxygen atoms in total. The summed E-state index contributed by atoms with van der Waals surface area (Å²) in [4.78, 5) is 14.0. The standard InChI is InChI=1S/C13H26N2O2/c1-10(14)11-8-6-5-7-9-15(11)12(16)17-13(2,3)4/h10-11H,5-9,14H2,1-4H3. The lowest BCUT2D eigenvalue weighted by molar-refractivity contribution is 0.0145. The van der Waals surface area contributed by atoms with E-state index in [1.54, 1.807) is 0 Å². The zero-order chi connectivity index (χ0) is 13.1. The molecule has 0 radical (unpaired) electrons. The molecule has 0 aliphatic carbocycles. The Morgan fingerprint density at radius 1 is 1.35 bits per heavy atom. The van der Waals surface area contributed by atoms with E-state index in [1.165, 1.54) is 6.42 Å². The van der Waals surface area contributed by atoms with Crippen molar-refractivity contribution in [1.82, 2.24) is 4.90 Å². The second kappa shape index (κ2) is 5.71. The molecule has 0 aromatic heterocycles. The third-order valence-corrected chi connectivity index (χ3v) is 3.03. The number of ether oxygens (including phenoxy) is 1. The molecule has 1 saturated heterocycles. The van der Waals surface area contributed by atoms with Crippen molar-refractivity contribution in [3.8, 4) is 0 Å².